The van der Waals surface area contributed by atoms with Gasteiger partial charge in [-0.1, -0.05) is 19.3 Å². The fraction of sp³-hybridized carbons (Fsp3) is 0.583. The first-order valence-electron chi connectivity index (χ1n) is 11.9. The first kappa shape index (κ1) is 27.4. The molecule has 0 radical (unpaired) electrons. The van der Waals surface area contributed by atoms with Gasteiger partial charge in [0.15, 0.2) is 23.2 Å². The minimum Gasteiger partial charge on any atom is -0.481 e. The molecule has 1 aromatic carbocycles. The Morgan fingerprint density at radius 2 is 1.53 bits per heavy atom. The lowest BCUT2D eigenvalue weighted by Gasteiger charge is -2.35. The van der Waals surface area contributed by atoms with Crippen molar-refractivity contribution in [1.29, 1.82) is 0 Å². The number of benzene rings is 1. The molecule has 2 fully saturated rings. The van der Waals surface area contributed by atoms with E-state index in [1.807, 2.05) is 0 Å². The molecule has 3 rings (SSSR count). The monoisotopic (exact) mass is 516 g/mol. The van der Waals surface area contributed by atoms with Crippen molar-refractivity contribution in [3.63, 3.8) is 0 Å². The van der Waals surface area contributed by atoms with Crippen LogP contribution in [-0.2, 0) is 19.2 Å². The Morgan fingerprint density at radius 3 is 2.08 bits per heavy atom. The van der Waals surface area contributed by atoms with E-state index >= 15 is 0 Å². The van der Waals surface area contributed by atoms with Crippen molar-refractivity contribution in [3.05, 3.63) is 29.3 Å². The Bertz CT molecular complexity index is 981. The van der Waals surface area contributed by atoms with Crippen LogP contribution in [-0.4, -0.2) is 59.3 Å². The second-order valence-corrected chi connectivity index (χ2v) is 9.15. The van der Waals surface area contributed by atoms with Gasteiger partial charge < -0.3 is 20.1 Å². The first-order chi connectivity index (χ1) is 17.1. The number of carboxylic acids is 1. The molecule has 0 spiro atoms. The van der Waals surface area contributed by atoms with Crippen molar-refractivity contribution >= 4 is 23.6 Å². The van der Waals surface area contributed by atoms with Gasteiger partial charge in [0.1, 0.15) is 12.6 Å². The molecule has 0 bridgehead atoms. The van der Waals surface area contributed by atoms with Crippen molar-refractivity contribution in [2.45, 2.75) is 57.4 Å². The van der Waals surface area contributed by atoms with Crippen molar-refractivity contribution < 1.29 is 46.6 Å². The Kier molecular flexibility index (Phi) is 9.27. The molecule has 0 unspecified atom stereocenters. The zero-order valence-corrected chi connectivity index (χ0v) is 19.5. The first-order valence-corrected chi connectivity index (χ1v) is 11.9. The van der Waals surface area contributed by atoms with Gasteiger partial charge in [-0.3, -0.25) is 19.2 Å². The van der Waals surface area contributed by atoms with Crippen LogP contribution in [0.4, 0.5) is 17.6 Å². The summed E-state index contributed by atoms with van der Waals surface area (Å²) >= 11 is 0. The molecule has 2 aliphatic rings. The Morgan fingerprint density at radius 1 is 0.944 bits per heavy atom. The van der Waals surface area contributed by atoms with Crippen LogP contribution in [0.2, 0.25) is 0 Å². The van der Waals surface area contributed by atoms with Crippen LogP contribution in [0.5, 0.6) is 5.75 Å². The number of nitrogens with one attached hydrogen (secondary N) is 1. The van der Waals surface area contributed by atoms with Gasteiger partial charge >= 0.3 is 5.97 Å². The molecule has 8 nitrogen and oxygen atoms in total. The lowest BCUT2D eigenvalue weighted by atomic mass is 9.87. The van der Waals surface area contributed by atoms with E-state index in [1.165, 1.54) is 0 Å². The number of hydrogen-bond acceptors (Lipinski definition) is 5. The summed E-state index contributed by atoms with van der Waals surface area (Å²) in [4.78, 5) is 50.8. The standard InChI is InChI=1S/C24H28F4N2O6/c25-15-10-16(26)21(28)22(20(15)27)36-12-18(31)17(11-19(32)33)29-23(34)13-6-8-30(9-7-13)24(35)14-4-2-1-3-5-14/h10,13-14,17H,1-9,11-12H2,(H,29,34)(H,32,33)/t17-/m0/s1. The largest absolute Gasteiger partial charge is 0.481 e. The van der Waals surface area contributed by atoms with Crippen LogP contribution in [0.3, 0.4) is 0 Å². The average Bonchev–Trinajstić information content (AvgIpc) is 2.86. The van der Waals surface area contributed by atoms with E-state index in [-0.39, 0.29) is 17.9 Å². The van der Waals surface area contributed by atoms with E-state index in [9.17, 15) is 36.7 Å². The summed E-state index contributed by atoms with van der Waals surface area (Å²) in [6, 6.07) is -1.62. The maximum absolute atomic E-state index is 13.8. The van der Waals surface area contributed by atoms with Crippen molar-refractivity contribution in [3.8, 4) is 5.75 Å². The number of aliphatic carboxylic acids is 1. The number of carbonyl (C=O) groups is 4. The number of ketones is 1. The number of carbonyl (C=O) groups excluding carboxylic acids is 3. The number of ether oxygens (including phenoxy) is 1. The maximum atomic E-state index is 13.8. The third-order valence-electron chi connectivity index (χ3n) is 6.65. The fourth-order valence-electron chi connectivity index (χ4n) is 4.60. The molecule has 1 aromatic rings. The van der Waals surface area contributed by atoms with Crippen LogP contribution < -0.4 is 10.1 Å². The predicted octanol–water partition coefficient (Wildman–Crippen LogP) is 2.97. The molecular formula is C24H28F4N2O6. The molecule has 1 saturated heterocycles. The minimum atomic E-state index is -1.85. The minimum absolute atomic E-state index is 0.00272. The number of nitrogens with zero attached hydrogens (tertiary/aromatic N) is 1. The highest BCUT2D eigenvalue weighted by Gasteiger charge is 2.33. The molecule has 2 N–H and O–H groups in total. The number of likely N-dealkylation sites (tertiary alicyclic amines) is 1. The Labute approximate surface area is 205 Å². The molecule has 1 saturated carbocycles. The highest BCUT2D eigenvalue weighted by Crippen LogP contribution is 2.28. The van der Waals surface area contributed by atoms with Gasteiger partial charge in [-0.2, -0.15) is 8.78 Å². The molecule has 1 aliphatic carbocycles. The third kappa shape index (κ3) is 6.73. The van der Waals surface area contributed by atoms with Crippen molar-refractivity contribution in [2.75, 3.05) is 19.7 Å². The second kappa shape index (κ2) is 12.2. The summed E-state index contributed by atoms with van der Waals surface area (Å²) < 4.78 is 58.8. The van der Waals surface area contributed by atoms with Gasteiger partial charge in [0, 0.05) is 31.0 Å². The van der Waals surface area contributed by atoms with Gasteiger partial charge in [-0.15, -0.1) is 0 Å². The number of Topliss-reactive ketones (excluding diaryl/α,β-unsaturated/α-hetero) is 1. The van der Waals surface area contributed by atoms with Crippen LogP contribution in [0.15, 0.2) is 6.07 Å². The van der Waals surface area contributed by atoms with E-state index in [0.29, 0.717) is 25.9 Å². The van der Waals surface area contributed by atoms with Crippen LogP contribution in [0.25, 0.3) is 0 Å². The van der Waals surface area contributed by atoms with E-state index in [1.54, 1.807) is 4.90 Å². The summed E-state index contributed by atoms with van der Waals surface area (Å²) in [7, 11) is 0. The zero-order chi connectivity index (χ0) is 26.4. The highest BCUT2D eigenvalue weighted by atomic mass is 19.2. The topological polar surface area (TPSA) is 113 Å². The van der Waals surface area contributed by atoms with Gasteiger partial charge in [0.05, 0.1) is 6.42 Å². The van der Waals surface area contributed by atoms with Gasteiger partial charge in [0.2, 0.25) is 23.4 Å². The van der Waals surface area contributed by atoms with Crippen LogP contribution >= 0.6 is 0 Å². The number of amides is 2. The van der Waals surface area contributed by atoms with Crippen molar-refractivity contribution in [2.24, 2.45) is 11.8 Å². The Balaban J connectivity index is 1.57. The molecule has 1 aliphatic heterocycles. The summed E-state index contributed by atoms with van der Waals surface area (Å²) in [5.74, 6) is -12.2. The number of rotatable bonds is 9. The fourth-order valence-corrected chi connectivity index (χ4v) is 4.60. The van der Waals surface area contributed by atoms with Gasteiger partial charge in [-0.25, -0.2) is 8.78 Å². The number of halogens is 4. The molecule has 36 heavy (non-hydrogen) atoms. The normalized spacial score (nSPS) is 17.9. The van der Waals surface area contributed by atoms with Crippen LogP contribution in [0.1, 0.15) is 51.4 Å². The average molecular weight is 516 g/mol. The lowest BCUT2D eigenvalue weighted by molar-refractivity contribution is -0.142. The summed E-state index contributed by atoms with van der Waals surface area (Å²) in [6.45, 7) is -0.418. The second-order valence-electron chi connectivity index (χ2n) is 9.15. The highest BCUT2D eigenvalue weighted by molar-refractivity contribution is 5.93. The number of hydrogen-bond donors (Lipinski definition) is 2. The van der Waals surface area contributed by atoms with Crippen molar-refractivity contribution in [1.82, 2.24) is 10.2 Å². The van der Waals surface area contributed by atoms with E-state index in [0.717, 1.165) is 32.1 Å². The number of piperidine rings is 1. The third-order valence-corrected chi connectivity index (χ3v) is 6.65. The number of carboxylic acid groups (broad SMARTS) is 1. The maximum Gasteiger partial charge on any atom is 0.305 e. The predicted molar refractivity (Wildman–Crippen MR) is 117 cm³/mol. The zero-order valence-electron chi connectivity index (χ0n) is 19.5. The molecule has 0 aromatic heterocycles. The molecule has 198 valence electrons. The molecular weight excluding hydrogens is 488 g/mol. The van der Waals surface area contributed by atoms with Gasteiger partial charge in [0.25, 0.3) is 0 Å². The molecule has 2 amide bonds. The van der Waals surface area contributed by atoms with Crippen LogP contribution in [0, 0.1) is 35.1 Å². The Hall–Kier alpha value is -3.18. The van der Waals surface area contributed by atoms with E-state index in [2.05, 4.69) is 10.1 Å². The SMILES string of the molecule is O=C(O)C[C@H](NC(=O)C1CCN(C(=O)C2CCCCC2)CC1)C(=O)COc1c(F)c(F)cc(F)c1F. The molecule has 12 heteroatoms. The summed E-state index contributed by atoms with van der Waals surface area (Å²) in [5.41, 5.74) is 0. The smallest absolute Gasteiger partial charge is 0.305 e. The summed E-state index contributed by atoms with van der Waals surface area (Å²) in [5, 5.41) is 11.4. The lowest BCUT2D eigenvalue weighted by Crippen LogP contribution is -2.49. The quantitative estimate of drug-likeness (QED) is 0.386. The molecule has 1 atom stereocenters. The van der Waals surface area contributed by atoms with Gasteiger partial charge in [-0.05, 0) is 25.7 Å². The molecule has 1 heterocycles. The van der Waals surface area contributed by atoms with E-state index < -0.39 is 71.7 Å². The summed E-state index contributed by atoms with van der Waals surface area (Å²) in [6.07, 6.45) is 4.69. The van der Waals surface area contributed by atoms with E-state index in [4.69, 9.17) is 5.11 Å².